The van der Waals surface area contributed by atoms with Gasteiger partial charge in [0.05, 0.1) is 0 Å². The Balaban J connectivity index is 5.04. The Hall–Kier alpha value is -0.330. The van der Waals surface area contributed by atoms with Gasteiger partial charge in [0.25, 0.3) is 0 Å². The highest BCUT2D eigenvalue weighted by molar-refractivity contribution is 5.85. The molecule has 0 aromatic rings. The van der Waals surface area contributed by atoms with E-state index < -0.39 is 0 Å². The van der Waals surface area contributed by atoms with Crippen LogP contribution in [0.1, 0.15) is 60.8 Å². The second-order valence-corrected chi connectivity index (χ2v) is 4.88. The highest BCUT2D eigenvalue weighted by atomic mass is 16.1. The molecule has 0 bridgehead atoms. The summed E-state index contributed by atoms with van der Waals surface area (Å²) in [5.41, 5.74) is -0.0799. The van der Waals surface area contributed by atoms with Crippen LogP contribution in [-0.2, 0) is 4.79 Å². The minimum Gasteiger partial charge on any atom is -0.299 e. The van der Waals surface area contributed by atoms with Gasteiger partial charge in [0.1, 0.15) is 5.78 Å². The van der Waals surface area contributed by atoms with Gasteiger partial charge in [0, 0.05) is 11.8 Å². The first-order valence-electron chi connectivity index (χ1n) is 5.96. The molecule has 0 fully saturated rings. The maximum absolute atomic E-state index is 12.1. The van der Waals surface area contributed by atoms with Gasteiger partial charge in [-0.1, -0.05) is 48.0 Å². The van der Waals surface area contributed by atoms with Crippen molar-refractivity contribution in [1.82, 2.24) is 0 Å². The lowest BCUT2D eigenvalue weighted by Gasteiger charge is -2.40. The van der Waals surface area contributed by atoms with Gasteiger partial charge in [-0.15, -0.1) is 0 Å². The van der Waals surface area contributed by atoms with Crippen molar-refractivity contribution in [3.63, 3.8) is 0 Å². The van der Waals surface area contributed by atoms with E-state index in [4.69, 9.17) is 0 Å². The average molecular weight is 198 g/mol. The lowest BCUT2D eigenvalue weighted by Crippen LogP contribution is -2.40. The standard InChI is InChI=1S/C13H26O/c1-7-9-13(10(3)4,11(5)6)12(14)8-2/h10-11H,7-9H2,1-6H3. The largest absolute Gasteiger partial charge is 0.299 e. The molecule has 0 radical (unpaired) electrons. The van der Waals surface area contributed by atoms with E-state index in [0.717, 1.165) is 12.8 Å². The number of hydrogen-bond acceptors (Lipinski definition) is 1. The quantitative estimate of drug-likeness (QED) is 0.629. The third-order valence-electron chi connectivity index (χ3n) is 3.56. The van der Waals surface area contributed by atoms with Gasteiger partial charge in [-0.3, -0.25) is 4.79 Å². The maximum Gasteiger partial charge on any atom is 0.139 e. The lowest BCUT2D eigenvalue weighted by atomic mass is 9.63. The normalized spacial score (nSPS) is 12.6. The van der Waals surface area contributed by atoms with Crippen molar-refractivity contribution in [3.8, 4) is 0 Å². The molecule has 14 heavy (non-hydrogen) atoms. The smallest absolute Gasteiger partial charge is 0.139 e. The summed E-state index contributed by atoms with van der Waals surface area (Å²) in [4.78, 5) is 12.1. The van der Waals surface area contributed by atoms with Crippen LogP contribution in [0.2, 0.25) is 0 Å². The zero-order chi connectivity index (χ0) is 11.4. The molecule has 0 aliphatic carbocycles. The van der Waals surface area contributed by atoms with E-state index in [9.17, 15) is 4.79 Å². The predicted octanol–water partition coefficient (Wildman–Crippen LogP) is 4.06. The van der Waals surface area contributed by atoms with E-state index in [1.807, 2.05) is 6.92 Å². The van der Waals surface area contributed by atoms with Gasteiger partial charge in [0.2, 0.25) is 0 Å². The zero-order valence-electron chi connectivity index (χ0n) is 10.7. The molecule has 1 heteroatoms. The van der Waals surface area contributed by atoms with Crippen molar-refractivity contribution in [3.05, 3.63) is 0 Å². The Morgan fingerprint density at radius 2 is 1.50 bits per heavy atom. The van der Waals surface area contributed by atoms with Gasteiger partial charge in [-0.05, 0) is 18.3 Å². The van der Waals surface area contributed by atoms with Crippen LogP contribution >= 0.6 is 0 Å². The van der Waals surface area contributed by atoms with Crippen LogP contribution in [0.4, 0.5) is 0 Å². The molecule has 0 spiro atoms. The molecule has 0 aromatic carbocycles. The van der Waals surface area contributed by atoms with Crippen LogP contribution in [0, 0.1) is 17.3 Å². The molecule has 0 atom stereocenters. The molecule has 0 saturated heterocycles. The average Bonchev–Trinajstić information content (AvgIpc) is 2.11. The van der Waals surface area contributed by atoms with Crippen LogP contribution in [0.3, 0.4) is 0 Å². The first kappa shape index (κ1) is 13.7. The van der Waals surface area contributed by atoms with Crippen LogP contribution in [0.5, 0.6) is 0 Å². The van der Waals surface area contributed by atoms with Crippen LogP contribution in [0.15, 0.2) is 0 Å². The minimum atomic E-state index is -0.0799. The molecule has 84 valence electrons. The fourth-order valence-corrected chi connectivity index (χ4v) is 2.77. The Bertz CT molecular complexity index is 172. The van der Waals surface area contributed by atoms with E-state index in [2.05, 4.69) is 34.6 Å². The number of carbonyl (C=O) groups is 1. The molecule has 0 aliphatic heterocycles. The fourth-order valence-electron chi connectivity index (χ4n) is 2.77. The SMILES string of the molecule is CCCC(C(=O)CC)(C(C)C)C(C)C. The summed E-state index contributed by atoms with van der Waals surface area (Å²) in [6.45, 7) is 12.9. The van der Waals surface area contributed by atoms with Gasteiger partial charge in [0.15, 0.2) is 0 Å². The van der Waals surface area contributed by atoms with Gasteiger partial charge >= 0.3 is 0 Å². The molecular formula is C13H26O. The molecule has 0 rings (SSSR count). The minimum absolute atomic E-state index is 0.0799. The van der Waals surface area contributed by atoms with E-state index in [-0.39, 0.29) is 5.41 Å². The molecule has 0 aromatic heterocycles. The number of ketones is 1. The van der Waals surface area contributed by atoms with Gasteiger partial charge < -0.3 is 0 Å². The van der Waals surface area contributed by atoms with Crippen LogP contribution < -0.4 is 0 Å². The number of carbonyl (C=O) groups excluding carboxylic acids is 1. The maximum atomic E-state index is 12.1. The Morgan fingerprint density at radius 1 is 1.07 bits per heavy atom. The molecule has 0 unspecified atom stereocenters. The Morgan fingerprint density at radius 3 is 1.71 bits per heavy atom. The van der Waals surface area contributed by atoms with Gasteiger partial charge in [-0.25, -0.2) is 0 Å². The number of Topliss-reactive ketones (excluding diaryl/α,β-unsaturated/α-hetero) is 1. The summed E-state index contributed by atoms with van der Waals surface area (Å²) in [6, 6.07) is 0. The van der Waals surface area contributed by atoms with Crippen molar-refractivity contribution in [2.45, 2.75) is 60.8 Å². The van der Waals surface area contributed by atoms with Crippen LogP contribution in [-0.4, -0.2) is 5.78 Å². The van der Waals surface area contributed by atoms with Crippen molar-refractivity contribution in [2.24, 2.45) is 17.3 Å². The zero-order valence-corrected chi connectivity index (χ0v) is 10.7. The van der Waals surface area contributed by atoms with Crippen molar-refractivity contribution in [1.29, 1.82) is 0 Å². The molecule has 1 nitrogen and oxygen atoms in total. The Kier molecular flexibility index (Phi) is 5.40. The molecule has 0 heterocycles. The lowest BCUT2D eigenvalue weighted by molar-refractivity contribution is -0.135. The summed E-state index contributed by atoms with van der Waals surface area (Å²) in [7, 11) is 0. The third kappa shape index (κ3) is 2.37. The van der Waals surface area contributed by atoms with Crippen molar-refractivity contribution in [2.75, 3.05) is 0 Å². The van der Waals surface area contributed by atoms with Crippen molar-refractivity contribution >= 4 is 5.78 Å². The summed E-state index contributed by atoms with van der Waals surface area (Å²) in [5, 5.41) is 0. The van der Waals surface area contributed by atoms with Crippen molar-refractivity contribution < 1.29 is 4.79 Å². The van der Waals surface area contributed by atoms with E-state index in [1.165, 1.54) is 0 Å². The molecule has 0 aliphatic rings. The third-order valence-corrected chi connectivity index (χ3v) is 3.56. The monoisotopic (exact) mass is 198 g/mol. The summed E-state index contributed by atoms with van der Waals surface area (Å²) in [5.74, 6) is 1.36. The first-order valence-corrected chi connectivity index (χ1v) is 5.96. The second kappa shape index (κ2) is 5.53. The van der Waals surface area contributed by atoms with Crippen LogP contribution in [0.25, 0.3) is 0 Å². The predicted molar refractivity (Wildman–Crippen MR) is 62.3 cm³/mol. The highest BCUT2D eigenvalue weighted by Gasteiger charge is 2.41. The number of rotatable bonds is 6. The highest BCUT2D eigenvalue weighted by Crippen LogP contribution is 2.42. The summed E-state index contributed by atoms with van der Waals surface area (Å²) < 4.78 is 0. The van der Waals surface area contributed by atoms with E-state index in [0.29, 0.717) is 24.0 Å². The molecular weight excluding hydrogens is 172 g/mol. The topological polar surface area (TPSA) is 17.1 Å². The van der Waals surface area contributed by atoms with Gasteiger partial charge in [-0.2, -0.15) is 0 Å². The summed E-state index contributed by atoms with van der Waals surface area (Å²) >= 11 is 0. The molecule has 0 N–H and O–H groups in total. The van der Waals surface area contributed by atoms with E-state index >= 15 is 0 Å². The molecule has 0 amide bonds. The molecule has 0 saturated carbocycles. The summed E-state index contributed by atoms with van der Waals surface area (Å²) in [6.07, 6.45) is 2.81. The fraction of sp³-hybridized carbons (Fsp3) is 0.923. The van der Waals surface area contributed by atoms with E-state index in [1.54, 1.807) is 0 Å². The second-order valence-electron chi connectivity index (χ2n) is 4.88. The Labute approximate surface area is 89.3 Å². The number of hydrogen-bond donors (Lipinski definition) is 0. The first-order chi connectivity index (χ1) is 6.43.